The van der Waals surface area contributed by atoms with Gasteiger partial charge in [-0.15, -0.1) is 0 Å². The lowest BCUT2D eigenvalue weighted by molar-refractivity contribution is -0.134. The van der Waals surface area contributed by atoms with Gasteiger partial charge in [-0.25, -0.2) is 4.79 Å². The topological polar surface area (TPSA) is 197 Å². The highest BCUT2D eigenvalue weighted by Gasteiger charge is 2.40. The first-order valence-electron chi connectivity index (χ1n) is 19.0. The highest BCUT2D eigenvalue weighted by Crippen LogP contribution is 2.24. The molecule has 7 N–H and O–H groups in total. The molecule has 14 nitrogen and oxygen atoms in total. The molecule has 0 fully saturated rings. The minimum absolute atomic E-state index is 0.0209. The monoisotopic (exact) mass is 791 g/mol. The molecule has 5 atom stereocenters. The first-order chi connectivity index (χ1) is 26.7. The number of nitrogens with one attached hydrogen (secondary N) is 5. The summed E-state index contributed by atoms with van der Waals surface area (Å²) < 4.78 is 15.9. The number of amides is 4. The van der Waals surface area contributed by atoms with Gasteiger partial charge >= 0.3 is 6.09 Å². The Morgan fingerprint density at radius 2 is 1.32 bits per heavy atom. The maximum Gasteiger partial charge on any atom is 0.408 e. The number of benzene rings is 3. The molecule has 0 aliphatic carbocycles. The van der Waals surface area contributed by atoms with E-state index in [1.807, 2.05) is 42.5 Å². The number of aliphatic hydroxyl groups excluding tert-OH is 1. The van der Waals surface area contributed by atoms with E-state index >= 15 is 0 Å². The molecule has 0 unspecified atom stereocenters. The average molecular weight is 792 g/mol. The normalized spacial score (nSPS) is 14.3. The number of hydrogen-bond donors (Lipinski definition) is 7. The molecule has 14 heteroatoms. The third-order valence-electron chi connectivity index (χ3n) is 9.13. The number of phenols is 1. The summed E-state index contributed by atoms with van der Waals surface area (Å²) in [5, 5.41) is 37.1. The van der Waals surface area contributed by atoms with Crippen molar-refractivity contribution in [1.82, 2.24) is 26.6 Å². The molecule has 0 saturated heterocycles. The molecule has 0 radical (unpaired) electrons. The molecule has 0 aromatic heterocycles. The molecule has 312 valence electrons. The van der Waals surface area contributed by atoms with Gasteiger partial charge in [0.1, 0.15) is 41.0 Å². The lowest BCUT2D eigenvalue weighted by Gasteiger charge is -2.35. The second kappa shape index (κ2) is 20.7. The number of phenolic OH excluding ortho intramolecular Hbond substituents is 1. The van der Waals surface area contributed by atoms with Crippen LogP contribution < -0.4 is 36.1 Å². The summed E-state index contributed by atoms with van der Waals surface area (Å²) >= 11 is 0. The van der Waals surface area contributed by atoms with Crippen molar-refractivity contribution in [3.05, 3.63) is 89.5 Å². The van der Waals surface area contributed by atoms with Crippen LogP contribution in [0.1, 0.15) is 72.1 Å². The van der Waals surface area contributed by atoms with E-state index in [0.29, 0.717) is 17.1 Å². The van der Waals surface area contributed by atoms with E-state index < -0.39 is 65.1 Å². The minimum Gasteiger partial charge on any atom is -0.507 e. The van der Waals surface area contributed by atoms with Gasteiger partial charge in [-0.1, -0.05) is 77.1 Å². The zero-order valence-electron chi connectivity index (χ0n) is 34.8. The van der Waals surface area contributed by atoms with Gasteiger partial charge in [0, 0.05) is 24.7 Å². The van der Waals surface area contributed by atoms with Crippen molar-refractivity contribution in [1.29, 1.82) is 0 Å². The van der Waals surface area contributed by atoms with Gasteiger partial charge in [-0.2, -0.15) is 0 Å². The molecule has 3 rings (SSSR count). The molecular formula is C43H61N5O9. The highest BCUT2D eigenvalue weighted by molar-refractivity contribution is 5.91. The summed E-state index contributed by atoms with van der Waals surface area (Å²) in [5.41, 5.74) is 0.392. The second-order valence-electron chi connectivity index (χ2n) is 16.4. The number of carbonyl (C=O) groups is 4. The number of hydrogen-bond acceptors (Lipinski definition) is 10. The first-order valence-corrected chi connectivity index (χ1v) is 19.0. The van der Waals surface area contributed by atoms with Crippen LogP contribution in [0.5, 0.6) is 17.2 Å². The van der Waals surface area contributed by atoms with Gasteiger partial charge in [-0.05, 0) is 73.9 Å². The van der Waals surface area contributed by atoms with Gasteiger partial charge in [0.25, 0.3) is 0 Å². The molecule has 4 amide bonds. The molecule has 3 aromatic rings. The van der Waals surface area contributed by atoms with Crippen molar-refractivity contribution in [3.8, 4) is 17.2 Å². The maximum atomic E-state index is 14.4. The second-order valence-corrected chi connectivity index (χ2v) is 16.4. The number of alkyl carbamates (subject to hydrolysis) is 1. The summed E-state index contributed by atoms with van der Waals surface area (Å²) in [5.74, 6) is -1.14. The molecule has 0 bridgehead atoms. The number of rotatable bonds is 18. The Kier molecular flexibility index (Phi) is 16.7. The van der Waals surface area contributed by atoms with E-state index in [-0.39, 0.29) is 31.2 Å². The number of carbonyl (C=O) groups excluding carboxylic acids is 4. The van der Waals surface area contributed by atoms with Gasteiger partial charge in [0.05, 0.1) is 26.4 Å². The Bertz CT molecular complexity index is 1770. The van der Waals surface area contributed by atoms with Crippen molar-refractivity contribution in [2.24, 2.45) is 11.3 Å². The minimum atomic E-state index is -1.55. The van der Waals surface area contributed by atoms with E-state index in [9.17, 15) is 29.4 Å². The largest absolute Gasteiger partial charge is 0.507 e. The molecular weight excluding hydrogens is 730 g/mol. The van der Waals surface area contributed by atoms with Crippen LogP contribution in [0.25, 0.3) is 0 Å². The molecule has 0 aliphatic heterocycles. The van der Waals surface area contributed by atoms with Crippen LogP contribution in [0.2, 0.25) is 0 Å². The van der Waals surface area contributed by atoms with Gasteiger partial charge in [0.2, 0.25) is 17.7 Å². The lowest BCUT2D eigenvalue weighted by atomic mass is 9.85. The summed E-state index contributed by atoms with van der Waals surface area (Å²) in [4.78, 5) is 55.0. The van der Waals surface area contributed by atoms with Gasteiger partial charge < -0.3 is 45.7 Å². The van der Waals surface area contributed by atoms with Crippen LogP contribution in [-0.2, 0) is 38.6 Å². The molecule has 0 aliphatic rings. The fourth-order valence-electron chi connectivity index (χ4n) is 5.95. The van der Waals surface area contributed by atoms with Crippen molar-refractivity contribution in [2.45, 2.75) is 111 Å². The smallest absolute Gasteiger partial charge is 0.408 e. The van der Waals surface area contributed by atoms with Crippen LogP contribution in [0.4, 0.5) is 4.79 Å². The number of aromatic hydroxyl groups is 1. The summed E-state index contributed by atoms with van der Waals surface area (Å²) in [7, 11) is 3.03. The van der Waals surface area contributed by atoms with E-state index in [0.717, 1.165) is 11.1 Å². The third kappa shape index (κ3) is 14.6. The number of ether oxygens (including phenoxy) is 3. The number of aliphatic hydroxyl groups is 1. The van der Waals surface area contributed by atoms with E-state index in [2.05, 4.69) is 26.6 Å². The van der Waals surface area contributed by atoms with Crippen LogP contribution >= 0.6 is 0 Å². The summed E-state index contributed by atoms with van der Waals surface area (Å²) in [6.45, 7) is 14.2. The summed E-state index contributed by atoms with van der Waals surface area (Å²) in [6.07, 6.45) is -2.22. The predicted molar refractivity (Wildman–Crippen MR) is 218 cm³/mol. The molecule has 0 saturated carbocycles. The van der Waals surface area contributed by atoms with Gasteiger partial charge in [0.15, 0.2) is 0 Å². The van der Waals surface area contributed by atoms with Crippen LogP contribution in [0, 0.1) is 11.3 Å². The Hall–Kier alpha value is -5.34. The SMILES string of the molecule is COc1ccc(CN[C@@H](C(=O)N[C@H](C(=O)NCc2ccc(OC)cc2O)C(C)C)[C@@H](O)[C@H](Cc2ccccc2)NC(=O)[C@@H](NC(=O)OC(C)(C)C)C(C)(C)C)cc1. The fourth-order valence-corrected chi connectivity index (χ4v) is 5.95. The van der Waals surface area contributed by atoms with Crippen molar-refractivity contribution in [2.75, 3.05) is 14.2 Å². The number of methoxy groups -OCH3 is 2. The molecule has 57 heavy (non-hydrogen) atoms. The molecule has 0 spiro atoms. The first kappa shape index (κ1) is 46.0. The van der Waals surface area contributed by atoms with Crippen molar-refractivity contribution >= 4 is 23.8 Å². The van der Waals surface area contributed by atoms with E-state index in [1.165, 1.54) is 13.2 Å². The molecule has 0 heterocycles. The fraction of sp³-hybridized carbons (Fsp3) is 0.488. The zero-order chi connectivity index (χ0) is 42.5. The van der Waals surface area contributed by atoms with E-state index in [4.69, 9.17) is 14.2 Å². The summed E-state index contributed by atoms with van der Waals surface area (Å²) in [6, 6.07) is 16.5. The standard InChI is InChI=1S/C43H61N5O9/c1-26(2)34(38(51)45-25-29-18-21-31(56-10)23-33(29)49)47-39(52)35(44-24-28-16-19-30(55-9)20-17-28)36(50)32(22-27-14-12-11-13-15-27)46-40(53)37(42(3,4)5)48-41(54)57-43(6,7)8/h11-21,23,26,32,34-37,44,49-50H,22,24-25H2,1-10H3,(H,45,51)(H,46,53)(H,47,52)(H,48,54)/t32-,34-,35+,36-,37+/m0/s1. The van der Waals surface area contributed by atoms with Gasteiger partial charge in [-0.3, -0.25) is 19.7 Å². The van der Waals surface area contributed by atoms with E-state index in [1.54, 1.807) is 86.8 Å². The molecule has 3 aromatic carbocycles. The van der Waals surface area contributed by atoms with Crippen LogP contribution in [0.3, 0.4) is 0 Å². The zero-order valence-corrected chi connectivity index (χ0v) is 34.8. The Morgan fingerprint density at radius 3 is 1.86 bits per heavy atom. The Morgan fingerprint density at radius 1 is 0.702 bits per heavy atom. The Balaban J connectivity index is 1.97. The Labute approximate surface area is 336 Å². The quantitative estimate of drug-likeness (QED) is 0.0973. The third-order valence-corrected chi connectivity index (χ3v) is 9.13. The lowest BCUT2D eigenvalue weighted by Crippen LogP contribution is -2.64. The maximum absolute atomic E-state index is 14.4. The van der Waals surface area contributed by atoms with Crippen molar-refractivity contribution < 1.29 is 43.6 Å². The van der Waals surface area contributed by atoms with Crippen LogP contribution in [-0.4, -0.2) is 84.1 Å². The highest BCUT2D eigenvalue weighted by atomic mass is 16.6. The average Bonchev–Trinajstić information content (AvgIpc) is 3.14. The predicted octanol–water partition coefficient (Wildman–Crippen LogP) is 4.35. The van der Waals surface area contributed by atoms with Crippen LogP contribution in [0.15, 0.2) is 72.8 Å². The van der Waals surface area contributed by atoms with Crippen molar-refractivity contribution in [3.63, 3.8) is 0 Å².